The maximum atomic E-state index is 12.5. The van der Waals surface area contributed by atoms with E-state index < -0.39 is 0 Å². The predicted molar refractivity (Wildman–Crippen MR) is 111 cm³/mol. The quantitative estimate of drug-likeness (QED) is 0.668. The molecule has 3 aromatic carbocycles. The molecule has 0 spiro atoms. The van der Waals surface area contributed by atoms with Crippen LogP contribution >= 0.6 is 11.6 Å². The Labute approximate surface area is 163 Å². The van der Waals surface area contributed by atoms with Gasteiger partial charge in [-0.1, -0.05) is 54.1 Å². The van der Waals surface area contributed by atoms with E-state index in [1.165, 1.54) is 0 Å². The molecule has 1 saturated heterocycles. The molecule has 27 heavy (non-hydrogen) atoms. The summed E-state index contributed by atoms with van der Waals surface area (Å²) in [6.07, 6.45) is 2.28. The molecule has 0 radical (unpaired) electrons. The lowest BCUT2D eigenvalue weighted by atomic mass is 10.1. The van der Waals surface area contributed by atoms with Crippen LogP contribution in [0.2, 0.25) is 5.02 Å². The average molecular weight is 381 g/mol. The molecule has 1 fully saturated rings. The fourth-order valence-electron chi connectivity index (χ4n) is 3.53. The number of amides is 1. The number of nitrogens with zero attached hydrogens (tertiary/aromatic N) is 1. The number of nitrogens with one attached hydrogen (secondary N) is 1. The lowest BCUT2D eigenvalue weighted by Gasteiger charge is -2.23. The molecule has 1 amide bonds. The summed E-state index contributed by atoms with van der Waals surface area (Å²) in [6.45, 7) is 1.86. The zero-order valence-electron chi connectivity index (χ0n) is 15.0. The minimum atomic E-state index is -0.203. The number of para-hydroxylation sites is 1. The van der Waals surface area contributed by atoms with Gasteiger partial charge in [0.05, 0.1) is 16.4 Å². The summed E-state index contributed by atoms with van der Waals surface area (Å²) in [7, 11) is 0. The van der Waals surface area contributed by atoms with E-state index in [0.717, 1.165) is 48.1 Å². The van der Waals surface area contributed by atoms with E-state index in [1.807, 2.05) is 60.7 Å². The number of hydrogen-bond donors (Lipinski definition) is 1. The Morgan fingerprint density at radius 1 is 1.00 bits per heavy atom. The van der Waals surface area contributed by atoms with Gasteiger partial charge in [0, 0.05) is 18.5 Å². The monoisotopic (exact) mass is 380 g/mol. The zero-order valence-corrected chi connectivity index (χ0v) is 15.7. The van der Waals surface area contributed by atoms with Crippen LogP contribution in [0.15, 0.2) is 60.7 Å². The summed E-state index contributed by atoms with van der Waals surface area (Å²) in [4.78, 5) is 14.7. The lowest BCUT2D eigenvalue weighted by molar-refractivity contribution is -0.118. The van der Waals surface area contributed by atoms with E-state index in [9.17, 15) is 4.79 Å². The largest absolute Gasteiger partial charge is 0.483 e. The number of anilines is 2. The first kappa shape index (κ1) is 17.7. The Morgan fingerprint density at radius 2 is 1.74 bits per heavy atom. The third kappa shape index (κ3) is 3.86. The van der Waals surface area contributed by atoms with Crippen molar-refractivity contribution in [3.8, 4) is 5.75 Å². The number of fused-ring (bicyclic) bond motifs is 1. The Morgan fingerprint density at radius 3 is 2.59 bits per heavy atom. The Bertz CT molecular complexity index is 962. The molecule has 3 aromatic rings. The SMILES string of the molecule is O=C(COc1cccc2ccccc12)Nc1cccc(Cl)c1N1CCCC1. The maximum absolute atomic E-state index is 12.5. The third-order valence-corrected chi connectivity index (χ3v) is 5.10. The first-order valence-corrected chi connectivity index (χ1v) is 9.54. The molecule has 1 heterocycles. The smallest absolute Gasteiger partial charge is 0.262 e. The van der Waals surface area contributed by atoms with Crippen molar-refractivity contribution in [2.24, 2.45) is 0 Å². The van der Waals surface area contributed by atoms with Crippen LogP contribution in [0.1, 0.15) is 12.8 Å². The molecule has 4 nitrogen and oxygen atoms in total. The Kier molecular flexibility index (Phi) is 5.16. The van der Waals surface area contributed by atoms with Crippen LogP contribution in [0.25, 0.3) is 10.8 Å². The van der Waals surface area contributed by atoms with Gasteiger partial charge >= 0.3 is 0 Å². The highest BCUT2D eigenvalue weighted by Gasteiger charge is 2.20. The van der Waals surface area contributed by atoms with Crippen LogP contribution in [0, 0.1) is 0 Å². The van der Waals surface area contributed by atoms with E-state index in [4.69, 9.17) is 16.3 Å². The van der Waals surface area contributed by atoms with Crippen LogP contribution in [0.4, 0.5) is 11.4 Å². The van der Waals surface area contributed by atoms with Crippen LogP contribution in [-0.4, -0.2) is 25.6 Å². The maximum Gasteiger partial charge on any atom is 0.262 e. The van der Waals surface area contributed by atoms with Gasteiger partial charge in [-0.05, 0) is 36.4 Å². The fourth-order valence-corrected chi connectivity index (χ4v) is 3.82. The number of halogens is 1. The summed E-state index contributed by atoms with van der Waals surface area (Å²) in [5.74, 6) is 0.500. The first-order valence-electron chi connectivity index (χ1n) is 9.16. The van der Waals surface area contributed by atoms with Gasteiger partial charge in [0.15, 0.2) is 6.61 Å². The molecule has 0 saturated carbocycles. The van der Waals surface area contributed by atoms with Gasteiger partial charge in [-0.3, -0.25) is 4.79 Å². The number of hydrogen-bond acceptors (Lipinski definition) is 3. The summed E-state index contributed by atoms with van der Waals surface area (Å²) in [5, 5.41) is 5.69. The third-order valence-electron chi connectivity index (χ3n) is 4.79. The molecular formula is C22H21ClN2O2. The Balaban J connectivity index is 1.48. The number of carbonyl (C=O) groups excluding carboxylic acids is 1. The standard InChI is InChI=1S/C22H21ClN2O2/c23-18-10-6-11-19(22(18)25-13-3-4-14-25)24-21(26)15-27-20-12-5-8-16-7-1-2-9-17(16)20/h1-2,5-12H,3-4,13-15H2,(H,24,26). The fraction of sp³-hybridized carbons (Fsp3) is 0.227. The van der Waals surface area contributed by atoms with Crippen LogP contribution in [0.3, 0.4) is 0 Å². The predicted octanol–water partition coefficient (Wildman–Crippen LogP) is 5.11. The van der Waals surface area contributed by atoms with Gasteiger partial charge < -0.3 is 15.0 Å². The van der Waals surface area contributed by atoms with Crippen molar-refractivity contribution < 1.29 is 9.53 Å². The lowest BCUT2D eigenvalue weighted by Crippen LogP contribution is -2.24. The van der Waals surface area contributed by atoms with Crippen molar-refractivity contribution in [3.63, 3.8) is 0 Å². The highest BCUT2D eigenvalue weighted by Crippen LogP contribution is 2.36. The first-order chi connectivity index (χ1) is 13.2. The van der Waals surface area contributed by atoms with Gasteiger partial charge in [-0.15, -0.1) is 0 Å². The van der Waals surface area contributed by atoms with E-state index in [2.05, 4.69) is 10.2 Å². The molecule has 0 atom stereocenters. The number of ether oxygens (including phenoxy) is 1. The van der Waals surface area contributed by atoms with E-state index in [0.29, 0.717) is 10.8 Å². The normalized spacial score (nSPS) is 13.7. The molecule has 0 bridgehead atoms. The highest BCUT2D eigenvalue weighted by molar-refractivity contribution is 6.34. The van der Waals surface area contributed by atoms with Crippen LogP contribution < -0.4 is 15.0 Å². The molecule has 0 unspecified atom stereocenters. The van der Waals surface area contributed by atoms with Gasteiger partial charge in [-0.2, -0.15) is 0 Å². The van der Waals surface area contributed by atoms with E-state index in [-0.39, 0.29) is 12.5 Å². The van der Waals surface area contributed by atoms with Crippen LogP contribution in [-0.2, 0) is 4.79 Å². The summed E-state index contributed by atoms with van der Waals surface area (Å²) in [6, 6.07) is 19.4. The minimum absolute atomic E-state index is 0.0556. The summed E-state index contributed by atoms with van der Waals surface area (Å²) < 4.78 is 5.79. The number of benzene rings is 3. The second-order valence-electron chi connectivity index (χ2n) is 6.64. The van der Waals surface area contributed by atoms with E-state index in [1.54, 1.807) is 0 Å². The van der Waals surface area contributed by atoms with Gasteiger partial charge in [-0.25, -0.2) is 0 Å². The molecule has 0 aliphatic carbocycles. The number of rotatable bonds is 5. The highest BCUT2D eigenvalue weighted by atomic mass is 35.5. The van der Waals surface area contributed by atoms with Gasteiger partial charge in [0.2, 0.25) is 0 Å². The van der Waals surface area contributed by atoms with Gasteiger partial charge in [0.25, 0.3) is 5.91 Å². The van der Waals surface area contributed by atoms with Crippen LogP contribution in [0.5, 0.6) is 5.75 Å². The molecule has 1 N–H and O–H groups in total. The van der Waals surface area contributed by atoms with Crippen molar-refractivity contribution >= 4 is 39.7 Å². The molecule has 0 aromatic heterocycles. The van der Waals surface area contributed by atoms with Crippen molar-refractivity contribution in [1.82, 2.24) is 0 Å². The minimum Gasteiger partial charge on any atom is -0.483 e. The second kappa shape index (κ2) is 7.89. The zero-order chi connectivity index (χ0) is 18.6. The summed E-state index contributed by atoms with van der Waals surface area (Å²) in [5.41, 5.74) is 1.63. The average Bonchev–Trinajstić information content (AvgIpc) is 3.20. The molecule has 138 valence electrons. The Hall–Kier alpha value is -2.72. The molecule has 4 rings (SSSR count). The number of carbonyl (C=O) groups is 1. The topological polar surface area (TPSA) is 41.6 Å². The van der Waals surface area contributed by atoms with E-state index >= 15 is 0 Å². The molecule has 5 heteroatoms. The van der Waals surface area contributed by atoms with Crippen molar-refractivity contribution in [3.05, 3.63) is 65.7 Å². The second-order valence-corrected chi connectivity index (χ2v) is 7.05. The van der Waals surface area contributed by atoms with Crippen molar-refractivity contribution in [1.29, 1.82) is 0 Å². The van der Waals surface area contributed by atoms with Gasteiger partial charge in [0.1, 0.15) is 5.75 Å². The summed E-state index contributed by atoms with van der Waals surface area (Å²) >= 11 is 6.41. The van der Waals surface area contributed by atoms with Crippen molar-refractivity contribution in [2.45, 2.75) is 12.8 Å². The molecule has 1 aliphatic rings. The molecule has 1 aliphatic heterocycles. The molecular weight excluding hydrogens is 360 g/mol. The van der Waals surface area contributed by atoms with Crippen molar-refractivity contribution in [2.75, 3.05) is 29.9 Å².